The first-order valence-corrected chi connectivity index (χ1v) is 5.47. The van der Waals surface area contributed by atoms with Gasteiger partial charge in [0.15, 0.2) is 0 Å². The van der Waals surface area contributed by atoms with Crippen LogP contribution in [0, 0.1) is 5.41 Å². The molecule has 2 N–H and O–H groups in total. The van der Waals surface area contributed by atoms with Gasteiger partial charge in [0, 0.05) is 0 Å². The summed E-state index contributed by atoms with van der Waals surface area (Å²) in [4.78, 5) is 22.3. The third kappa shape index (κ3) is 4.96. The topological polar surface area (TPSA) is 75.6 Å². The van der Waals surface area contributed by atoms with Crippen molar-refractivity contribution in [2.75, 3.05) is 0 Å². The van der Waals surface area contributed by atoms with Crippen molar-refractivity contribution in [1.29, 1.82) is 0 Å². The average molecular weight is 285 g/mol. The van der Waals surface area contributed by atoms with E-state index in [9.17, 15) is 22.8 Å². The van der Waals surface area contributed by atoms with E-state index in [-0.39, 0.29) is 0 Å². The first kappa shape index (κ1) is 17.5. The third-order valence-corrected chi connectivity index (χ3v) is 2.41. The zero-order chi connectivity index (χ0) is 15.6. The van der Waals surface area contributed by atoms with Crippen LogP contribution < -0.4 is 5.32 Å². The van der Waals surface area contributed by atoms with Gasteiger partial charge < -0.3 is 15.2 Å². The zero-order valence-corrected chi connectivity index (χ0v) is 11.4. The molecule has 8 heteroatoms. The molecule has 0 saturated heterocycles. The van der Waals surface area contributed by atoms with Crippen LogP contribution in [0.25, 0.3) is 0 Å². The van der Waals surface area contributed by atoms with Gasteiger partial charge in [-0.15, -0.1) is 0 Å². The summed E-state index contributed by atoms with van der Waals surface area (Å²) < 4.78 is 41.7. The van der Waals surface area contributed by atoms with E-state index in [0.29, 0.717) is 13.8 Å². The fourth-order valence-corrected chi connectivity index (χ4v) is 1.09. The van der Waals surface area contributed by atoms with E-state index in [4.69, 9.17) is 5.11 Å². The largest absolute Gasteiger partial charge is 0.480 e. The van der Waals surface area contributed by atoms with Crippen molar-refractivity contribution in [3.05, 3.63) is 0 Å². The van der Waals surface area contributed by atoms with Crippen LogP contribution in [0.1, 0.15) is 34.6 Å². The van der Waals surface area contributed by atoms with Crippen molar-refractivity contribution >= 4 is 12.1 Å². The SMILES string of the molecule is CC(C)(C)C(NC(=O)OC(C)(C)C(F)(F)F)C(=O)O. The monoisotopic (exact) mass is 285 g/mol. The van der Waals surface area contributed by atoms with Crippen LogP contribution in [0.5, 0.6) is 0 Å². The van der Waals surface area contributed by atoms with E-state index in [1.165, 1.54) is 20.8 Å². The van der Waals surface area contributed by atoms with Gasteiger partial charge in [0.2, 0.25) is 5.60 Å². The van der Waals surface area contributed by atoms with E-state index in [1.807, 2.05) is 5.32 Å². The van der Waals surface area contributed by atoms with Crippen LogP contribution in [0.3, 0.4) is 0 Å². The van der Waals surface area contributed by atoms with E-state index in [1.54, 1.807) is 0 Å². The van der Waals surface area contributed by atoms with Crippen LogP contribution in [0.2, 0.25) is 0 Å². The van der Waals surface area contributed by atoms with Crippen LogP contribution in [-0.4, -0.2) is 35.0 Å². The fourth-order valence-electron chi connectivity index (χ4n) is 1.09. The van der Waals surface area contributed by atoms with Gasteiger partial charge in [-0.05, 0) is 19.3 Å². The molecule has 0 aromatic heterocycles. The molecule has 0 radical (unpaired) electrons. The Kier molecular flexibility index (Phi) is 4.85. The molecule has 0 rings (SSSR count). The number of nitrogens with one attached hydrogen (secondary N) is 1. The van der Waals surface area contributed by atoms with E-state index >= 15 is 0 Å². The van der Waals surface area contributed by atoms with Gasteiger partial charge in [0.05, 0.1) is 0 Å². The summed E-state index contributed by atoms with van der Waals surface area (Å²) in [5.74, 6) is -1.35. The molecular formula is C11H18F3NO4. The molecule has 0 bridgehead atoms. The average Bonchev–Trinajstić information content (AvgIpc) is 2.08. The van der Waals surface area contributed by atoms with Gasteiger partial charge in [-0.2, -0.15) is 13.2 Å². The first-order chi connectivity index (χ1) is 8.18. The predicted molar refractivity (Wildman–Crippen MR) is 60.6 cm³/mol. The maximum Gasteiger partial charge on any atom is 0.427 e. The summed E-state index contributed by atoms with van der Waals surface area (Å²) in [7, 11) is 0. The first-order valence-electron chi connectivity index (χ1n) is 5.47. The second-order valence-electron chi connectivity index (χ2n) is 5.68. The van der Waals surface area contributed by atoms with Crippen LogP contribution in [-0.2, 0) is 9.53 Å². The molecule has 1 unspecified atom stereocenters. The second kappa shape index (κ2) is 5.26. The number of carbonyl (C=O) groups excluding carboxylic acids is 1. The minimum absolute atomic E-state index is 0.680. The molecule has 0 fully saturated rings. The maximum atomic E-state index is 12.5. The van der Waals surface area contributed by atoms with Crippen molar-refractivity contribution in [3.63, 3.8) is 0 Å². The summed E-state index contributed by atoms with van der Waals surface area (Å²) in [5, 5.41) is 10.8. The quantitative estimate of drug-likeness (QED) is 0.835. The van der Waals surface area contributed by atoms with Crippen molar-refractivity contribution in [1.82, 2.24) is 5.32 Å². The second-order valence-corrected chi connectivity index (χ2v) is 5.68. The number of aliphatic carboxylic acids is 1. The minimum atomic E-state index is -4.75. The Morgan fingerprint density at radius 1 is 1.11 bits per heavy atom. The van der Waals surface area contributed by atoms with Crippen LogP contribution in [0.15, 0.2) is 0 Å². The van der Waals surface area contributed by atoms with Crippen LogP contribution in [0.4, 0.5) is 18.0 Å². The number of carbonyl (C=O) groups is 2. The fraction of sp³-hybridized carbons (Fsp3) is 0.818. The highest BCUT2D eigenvalue weighted by molar-refractivity contribution is 5.80. The molecule has 0 aliphatic heterocycles. The molecule has 5 nitrogen and oxygen atoms in total. The number of rotatable bonds is 3. The van der Waals surface area contributed by atoms with Crippen LogP contribution >= 0.6 is 0 Å². The van der Waals surface area contributed by atoms with E-state index in [0.717, 1.165) is 0 Å². The molecule has 0 aromatic carbocycles. The Morgan fingerprint density at radius 2 is 1.53 bits per heavy atom. The number of carboxylic acids is 1. The lowest BCUT2D eigenvalue weighted by Gasteiger charge is -2.31. The van der Waals surface area contributed by atoms with Crippen molar-refractivity contribution in [3.8, 4) is 0 Å². The van der Waals surface area contributed by atoms with Crippen molar-refractivity contribution in [2.45, 2.75) is 52.4 Å². The molecule has 0 aromatic rings. The van der Waals surface area contributed by atoms with E-state index < -0.39 is 35.3 Å². The van der Waals surface area contributed by atoms with E-state index in [2.05, 4.69) is 4.74 Å². The highest BCUT2D eigenvalue weighted by Gasteiger charge is 2.51. The molecule has 19 heavy (non-hydrogen) atoms. The van der Waals surface area contributed by atoms with Gasteiger partial charge in [-0.25, -0.2) is 9.59 Å². The summed E-state index contributed by atoms with van der Waals surface area (Å²) in [6, 6.07) is -1.36. The smallest absolute Gasteiger partial charge is 0.427 e. The molecule has 0 spiro atoms. The highest BCUT2D eigenvalue weighted by Crippen LogP contribution is 2.33. The molecule has 0 aliphatic carbocycles. The Morgan fingerprint density at radius 3 is 1.79 bits per heavy atom. The summed E-state index contributed by atoms with van der Waals surface area (Å²) >= 11 is 0. The lowest BCUT2D eigenvalue weighted by molar-refractivity contribution is -0.244. The Hall–Kier alpha value is -1.47. The molecule has 0 saturated carbocycles. The lowest BCUT2D eigenvalue weighted by atomic mass is 9.87. The Balaban J connectivity index is 4.84. The van der Waals surface area contributed by atoms with Crippen molar-refractivity contribution in [2.24, 2.45) is 5.41 Å². The van der Waals surface area contributed by atoms with Gasteiger partial charge in [-0.1, -0.05) is 20.8 Å². The lowest BCUT2D eigenvalue weighted by Crippen LogP contribution is -2.52. The number of ether oxygens (including phenoxy) is 1. The molecule has 0 aliphatic rings. The van der Waals surface area contributed by atoms with Crippen molar-refractivity contribution < 1.29 is 32.6 Å². The van der Waals surface area contributed by atoms with Gasteiger partial charge in [0.25, 0.3) is 0 Å². The number of alkyl carbamates (subject to hydrolysis) is 1. The predicted octanol–water partition coefficient (Wildman–Crippen LogP) is 2.55. The summed E-state index contributed by atoms with van der Waals surface area (Å²) in [6.45, 7) is 5.95. The number of carboxylic acid groups (broad SMARTS) is 1. The van der Waals surface area contributed by atoms with Gasteiger partial charge in [0.1, 0.15) is 6.04 Å². The normalized spacial score (nSPS) is 14.7. The zero-order valence-electron chi connectivity index (χ0n) is 11.4. The Labute approximate surface area is 109 Å². The standard InChI is InChI=1S/C11H18F3NO4/c1-9(2,3)6(7(16)17)15-8(18)19-10(4,5)11(12,13)14/h6H,1-5H3,(H,15,18)(H,16,17). The summed E-state index contributed by atoms with van der Waals surface area (Å²) in [6.07, 6.45) is -6.17. The highest BCUT2D eigenvalue weighted by atomic mass is 19.4. The molecule has 0 heterocycles. The summed E-state index contributed by atoms with van der Waals surface area (Å²) in [5.41, 5.74) is -3.56. The number of alkyl halides is 3. The number of hydrogen-bond donors (Lipinski definition) is 2. The molecule has 1 amide bonds. The number of amides is 1. The molecule has 112 valence electrons. The van der Waals surface area contributed by atoms with Gasteiger partial charge >= 0.3 is 18.2 Å². The number of hydrogen-bond acceptors (Lipinski definition) is 3. The number of halogens is 3. The molecule has 1 atom stereocenters. The third-order valence-electron chi connectivity index (χ3n) is 2.41. The van der Waals surface area contributed by atoms with Gasteiger partial charge in [-0.3, -0.25) is 0 Å². The minimum Gasteiger partial charge on any atom is -0.480 e. The maximum absolute atomic E-state index is 12.5. The molecular weight excluding hydrogens is 267 g/mol. The Bertz CT molecular complexity index is 358.